The molecular formula is C14H11BrFN5. The number of rotatable bonds is 2. The average molecular weight is 348 g/mol. The topological polar surface area (TPSA) is 69.6 Å². The van der Waals surface area contributed by atoms with E-state index in [1.54, 1.807) is 10.7 Å². The Morgan fingerprint density at radius 3 is 2.71 bits per heavy atom. The summed E-state index contributed by atoms with van der Waals surface area (Å²) in [6.45, 7) is 1.98. The third-order valence-electron chi connectivity index (χ3n) is 3.11. The van der Waals surface area contributed by atoms with Gasteiger partial charge in [-0.25, -0.2) is 4.39 Å². The van der Waals surface area contributed by atoms with Crippen molar-refractivity contribution >= 4 is 21.6 Å². The molecule has 0 fully saturated rings. The molecule has 2 aromatic carbocycles. The highest BCUT2D eigenvalue weighted by atomic mass is 79.9. The van der Waals surface area contributed by atoms with Crippen LogP contribution in [0.5, 0.6) is 0 Å². The van der Waals surface area contributed by atoms with E-state index in [1.807, 2.05) is 25.1 Å². The Balaban J connectivity index is 2.14. The van der Waals surface area contributed by atoms with Crippen molar-refractivity contribution < 1.29 is 4.39 Å². The summed E-state index contributed by atoms with van der Waals surface area (Å²) in [6.07, 6.45) is 0. The van der Waals surface area contributed by atoms with E-state index in [2.05, 4.69) is 31.5 Å². The van der Waals surface area contributed by atoms with Gasteiger partial charge in [0.15, 0.2) is 5.82 Å². The molecule has 0 radical (unpaired) electrons. The molecule has 7 heteroatoms. The van der Waals surface area contributed by atoms with Gasteiger partial charge in [0.1, 0.15) is 5.82 Å². The fourth-order valence-corrected chi connectivity index (χ4v) is 2.27. The molecule has 2 N–H and O–H groups in total. The van der Waals surface area contributed by atoms with Crippen LogP contribution in [0, 0.1) is 12.7 Å². The quantitative estimate of drug-likeness (QED) is 0.723. The molecule has 0 spiro atoms. The van der Waals surface area contributed by atoms with Crippen LogP contribution in [0.4, 0.5) is 10.1 Å². The molecule has 3 rings (SSSR count). The van der Waals surface area contributed by atoms with Gasteiger partial charge in [0, 0.05) is 15.7 Å². The molecular weight excluding hydrogens is 337 g/mol. The third kappa shape index (κ3) is 2.52. The van der Waals surface area contributed by atoms with Crippen LogP contribution in [0.1, 0.15) is 5.56 Å². The third-order valence-corrected chi connectivity index (χ3v) is 4.00. The number of benzene rings is 2. The van der Waals surface area contributed by atoms with Crippen LogP contribution in [0.2, 0.25) is 0 Å². The van der Waals surface area contributed by atoms with Crippen molar-refractivity contribution in [1.82, 2.24) is 20.2 Å². The Morgan fingerprint density at radius 2 is 2.00 bits per heavy atom. The largest absolute Gasteiger partial charge is 0.398 e. The van der Waals surface area contributed by atoms with Crippen molar-refractivity contribution in [2.75, 3.05) is 5.73 Å². The maximum absolute atomic E-state index is 13.2. The summed E-state index contributed by atoms with van der Waals surface area (Å²) in [4.78, 5) is 0. The molecule has 0 aliphatic rings. The monoisotopic (exact) mass is 347 g/mol. The van der Waals surface area contributed by atoms with E-state index < -0.39 is 5.82 Å². The lowest BCUT2D eigenvalue weighted by molar-refractivity contribution is 0.628. The Bertz CT molecular complexity index is 815. The van der Waals surface area contributed by atoms with Gasteiger partial charge in [-0.15, -0.1) is 5.10 Å². The van der Waals surface area contributed by atoms with Crippen molar-refractivity contribution in [2.45, 2.75) is 6.92 Å². The second-order valence-corrected chi connectivity index (χ2v) is 5.43. The molecule has 5 nitrogen and oxygen atoms in total. The summed E-state index contributed by atoms with van der Waals surface area (Å²) >= 11 is 3.45. The van der Waals surface area contributed by atoms with Crippen molar-refractivity contribution in [1.29, 1.82) is 0 Å². The normalized spacial score (nSPS) is 10.8. The zero-order valence-electron chi connectivity index (χ0n) is 11.1. The Morgan fingerprint density at radius 1 is 1.19 bits per heavy atom. The van der Waals surface area contributed by atoms with E-state index in [0.29, 0.717) is 17.1 Å². The van der Waals surface area contributed by atoms with Crippen molar-refractivity contribution in [2.24, 2.45) is 0 Å². The molecule has 0 aliphatic carbocycles. The summed E-state index contributed by atoms with van der Waals surface area (Å²) in [5.41, 5.74) is 8.60. The maximum atomic E-state index is 13.2. The SMILES string of the molecule is Cc1cc(-n2nnnc2-c2ccc(F)cc2N)ccc1Br. The van der Waals surface area contributed by atoms with Crippen LogP contribution < -0.4 is 5.73 Å². The minimum Gasteiger partial charge on any atom is -0.398 e. The molecule has 0 bridgehead atoms. The predicted octanol–water partition coefficient (Wildman–Crippen LogP) is 3.12. The molecule has 0 aliphatic heterocycles. The molecule has 3 aromatic rings. The van der Waals surface area contributed by atoms with Gasteiger partial charge in [0.25, 0.3) is 0 Å². The fourth-order valence-electron chi connectivity index (χ4n) is 2.03. The number of hydrogen-bond donors (Lipinski definition) is 1. The Labute approximate surface area is 128 Å². The lowest BCUT2D eigenvalue weighted by atomic mass is 10.1. The summed E-state index contributed by atoms with van der Waals surface area (Å²) in [5.74, 6) is 0.0731. The number of anilines is 1. The van der Waals surface area contributed by atoms with Gasteiger partial charge in [0.2, 0.25) is 0 Å². The number of hydrogen-bond acceptors (Lipinski definition) is 4. The molecule has 0 atom stereocenters. The number of halogens is 2. The van der Waals surface area contributed by atoms with E-state index in [9.17, 15) is 4.39 Å². The van der Waals surface area contributed by atoms with Gasteiger partial charge >= 0.3 is 0 Å². The van der Waals surface area contributed by atoms with Gasteiger partial charge in [-0.3, -0.25) is 0 Å². The first-order chi connectivity index (χ1) is 10.1. The van der Waals surface area contributed by atoms with Gasteiger partial charge in [-0.05, 0) is 59.3 Å². The number of aromatic nitrogens is 4. The van der Waals surface area contributed by atoms with Crippen LogP contribution in [0.25, 0.3) is 17.1 Å². The van der Waals surface area contributed by atoms with Crippen LogP contribution in [-0.4, -0.2) is 20.2 Å². The van der Waals surface area contributed by atoms with Crippen LogP contribution in [0.15, 0.2) is 40.9 Å². The molecule has 1 heterocycles. The van der Waals surface area contributed by atoms with Crippen LogP contribution >= 0.6 is 15.9 Å². The lowest BCUT2D eigenvalue weighted by Crippen LogP contribution is -2.02. The summed E-state index contributed by atoms with van der Waals surface area (Å²) in [7, 11) is 0. The molecule has 0 unspecified atom stereocenters. The van der Waals surface area contributed by atoms with E-state index >= 15 is 0 Å². The first-order valence-electron chi connectivity index (χ1n) is 6.16. The standard InChI is InChI=1S/C14H11BrFN5/c1-8-6-10(3-5-12(8)15)21-14(18-19-20-21)11-4-2-9(16)7-13(11)17/h2-7H,17H2,1H3. The Hall–Kier alpha value is -2.28. The second kappa shape index (κ2) is 5.25. The zero-order chi connectivity index (χ0) is 15.0. The van der Waals surface area contributed by atoms with Gasteiger partial charge in [-0.1, -0.05) is 15.9 Å². The summed E-state index contributed by atoms with van der Waals surface area (Å²) in [5, 5.41) is 11.7. The van der Waals surface area contributed by atoms with E-state index in [1.165, 1.54) is 12.1 Å². The highest BCUT2D eigenvalue weighted by molar-refractivity contribution is 9.10. The number of tetrazole rings is 1. The number of aryl methyl sites for hydroxylation is 1. The second-order valence-electron chi connectivity index (χ2n) is 4.58. The highest BCUT2D eigenvalue weighted by Crippen LogP contribution is 2.27. The molecule has 0 saturated heterocycles. The van der Waals surface area contributed by atoms with E-state index in [4.69, 9.17) is 5.73 Å². The van der Waals surface area contributed by atoms with Gasteiger partial charge < -0.3 is 5.73 Å². The van der Waals surface area contributed by atoms with Crippen molar-refractivity contribution in [3.05, 3.63) is 52.3 Å². The predicted molar refractivity (Wildman–Crippen MR) is 81.4 cm³/mol. The minimum atomic E-state index is -0.394. The first kappa shape index (κ1) is 13.7. The van der Waals surface area contributed by atoms with E-state index in [-0.39, 0.29) is 0 Å². The number of nitrogens with zero attached hydrogens (tertiary/aromatic N) is 4. The highest BCUT2D eigenvalue weighted by Gasteiger charge is 2.14. The average Bonchev–Trinajstić information content (AvgIpc) is 2.91. The van der Waals surface area contributed by atoms with Crippen molar-refractivity contribution in [3.8, 4) is 17.1 Å². The minimum absolute atomic E-state index is 0.292. The first-order valence-corrected chi connectivity index (χ1v) is 6.96. The van der Waals surface area contributed by atoms with Crippen LogP contribution in [0.3, 0.4) is 0 Å². The molecule has 21 heavy (non-hydrogen) atoms. The van der Waals surface area contributed by atoms with Gasteiger partial charge in [-0.2, -0.15) is 4.68 Å². The maximum Gasteiger partial charge on any atom is 0.189 e. The summed E-state index contributed by atoms with van der Waals surface area (Å²) in [6, 6.07) is 9.90. The molecule has 1 aromatic heterocycles. The van der Waals surface area contributed by atoms with Crippen LogP contribution in [-0.2, 0) is 0 Å². The smallest absolute Gasteiger partial charge is 0.189 e. The lowest BCUT2D eigenvalue weighted by Gasteiger charge is -2.08. The van der Waals surface area contributed by atoms with Crippen molar-refractivity contribution in [3.63, 3.8) is 0 Å². The molecule has 0 saturated carbocycles. The molecule has 106 valence electrons. The zero-order valence-corrected chi connectivity index (χ0v) is 12.7. The number of nitrogen functional groups attached to an aromatic ring is 1. The van der Waals surface area contributed by atoms with E-state index in [0.717, 1.165) is 15.7 Å². The summed E-state index contributed by atoms with van der Waals surface area (Å²) < 4.78 is 15.7. The molecule has 0 amide bonds. The Kier molecular flexibility index (Phi) is 3.42. The van der Waals surface area contributed by atoms with Gasteiger partial charge in [0.05, 0.1) is 5.69 Å². The fraction of sp³-hybridized carbons (Fsp3) is 0.0714. The number of nitrogens with two attached hydrogens (primary N) is 1.